The van der Waals surface area contributed by atoms with Crippen molar-refractivity contribution in [3.8, 4) is 0 Å². The van der Waals surface area contributed by atoms with E-state index in [2.05, 4.69) is 4.98 Å². The van der Waals surface area contributed by atoms with Crippen LogP contribution in [0.3, 0.4) is 0 Å². The van der Waals surface area contributed by atoms with Gasteiger partial charge in [-0.3, -0.25) is 0 Å². The molecule has 0 spiro atoms. The fourth-order valence-corrected chi connectivity index (χ4v) is 1.73. The van der Waals surface area contributed by atoms with Gasteiger partial charge in [-0.25, -0.2) is 4.98 Å². The Bertz CT molecular complexity index is 358. The van der Waals surface area contributed by atoms with Gasteiger partial charge in [0.2, 0.25) is 0 Å². The van der Waals surface area contributed by atoms with Crippen LogP contribution in [0.4, 0.5) is 13.2 Å². The van der Waals surface area contributed by atoms with E-state index in [4.69, 9.17) is 28.3 Å². The molecule has 0 aliphatic rings. The molecule has 1 aromatic heterocycles. The predicted molar refractivity (Wildman–Crippen MR) is 50.0 cm³/mol. The van der Waals surface area contributed by atoms with E-state index in [-0.39, 0.29) is 10.7 Å². The van der Waals surface area contributed by atoms with E-state index >= 15 is 0 Å². The summed E-state index contributed by atoms with van der Waals surface area (Å²) < 4.78 is 36.7. The molecule has 1 atom stereocenters. The smallest absolute Gasteiger partial charge is 0.379 e. The zero-order valence-electron chi connectivity index (χ0n) is 7.44. The van der Waals surface area contributed by atoms with Crippen molar-refractivity contribution in [1.29, 1.82) is 0 Å². The minimum atomic E-state index is -4.77. The average Bonchev–Trinajstić information content (AvgIpc) is 1.99. The Kier molecular flexibility index (Phi) is 3.48. The Morgan fingerprint density at radius 2 is 1.93 bits per heavy atom. The zero-order chi connectivity index (χ0) is 11.8. The number of pyridine rings is 1. The van der Waals surface area contributed by atoms with Crippen LogP contribution < -0.4 is 0 Å². The van der Waals surface area contributed by atoms with Crippen LogP contribution in [0.2, 0.25) is 10.3 Å². The lowest BCUT2D eigenvalue weighted by atomic mass is 10.1. The molecule has 0 radical (unpaired) electrons. The maximum absolute atomic E-state index is 12.2. The number of aryl methyl sites for hydroxylation is 1. The van der Waals surface area contributed by atoms with Crippen LogP contribution in [-0.4, -0.2) is 16.3 Å². The van der Waals surface area contributed by atoms with E-state index in [1.807, 2.05) is 0 Å². The van der Waals surface area contributed by atoms with E-state index in [0.717, 1.165) is 0 Å². The molecule has 7 heteroatoms. The van der Waals surface area contributed by atoms with Crippen LogP contribution in [-0.2, 0) is 0 Å². The number of hydrogen-bond acceptors (Lipinski definition) is 2. The summed E-state index contributed by atoms with van der Waals surface area (Å²) in [7, 11) is 0. The van der Waals surface area contributed by atoms with Crippen molar-refractivity contribution in [2.45, 2.75) is 19.2 Å². The summed E-state index contributed by atoms with van der Waals surface area (Å²) in [6, 6.07) is 1.21. The van der Waals surface area contributed by atoms with Crippen LogP contribution in [0.25, 0.3) is 0 Å². The fraction of sp³-hybridized carbons (Fsp3) is 0.375. The molecule has 0 saturated carbocycles. The maximum Gasteiger partial charge on any atom is 0.418 e. The molecular formula is C8H6Cl2F3NO. The number of rotatable bonds is 1. The van der Waals surface area contributed by atoms with Crippen LogP contribution in [0.5, 0.6) is 0 Å². The van der Waals surface area contributed by atoms with E-state index in [9.17, 15) is 13.2 Å². The number of halogens is 5. The van der Waals surface area contributed by atoms with Gasteiger partial charge in [0, 0.05) is 5.56 Å². The fourth-order valence-electron chi connectivity index (χ4n) is 1.10. The van der Waals surface area contributed by atoms with Crippen LogP contribution in [0, 0.1) is 6.92 Å². The summed E-state index contributed by atoms with van der Waals surface area (Å²) in [4.78, 5) is 3.44. The van der Waals surface area contributed by atoms with Gasteiger partial charge in [0.15, 0.2) is 6.10 Å². The average molecular weight is 260 g/mol. The maximum atomic E-state index is 12.2. The quantitative estimate of drug-likeness (QED) is 0.786. The highest BCUT2D eigenvalue weighted by Gasteiger charge is 2.41. The summed E-state index contributed by atoms with van der Waals surface area (Å²) in [5.74, 6) is 0. The molecule has 1 N–H and O–H groups in total. The summed E-state index contributed by atoms with van der Waals surface area (Å²) in [5, 5.41) is 8.56. The lowest BCUT2D eigenvalue weighted by Gasteiger charge is -2.17. The summed E-state index contributed by atoms with van der Waals surface area (Å²) in [5.41, 5.74) is -0.321. The second kappa shape index (κ2) is 4.15. The highest BCUT2D eigenvalue weighted by Crippen LogP contribution is 2.37. The number of alkyl halides is 3. The van der Waals surface area contributed by atoms with Gasteiger partial charge in [0.1, 0.15) is 10.3 Å². The van der Waals surface area contributed by atoms with Gasteiger partial charge in [-0.1, -0.05) is 23.2 Å². The normalized spacial score (nSPS) is 14.1. The first kappa shape index (κ1) is 12.5. The first-order valence-electron chi connectivity index (χ1n) is 3.81. The van der Waals surface area contributed by atoms with Crippen molar-refractivity contribution in [1.82, 2.24) is 4.98 Å². The topological polar surface area (TPSA) is 33.1 Å². The highest BCUT2D eigenvalue weighted by molar-refractivity contribution is 6.33. The van der Waals surface area contributed by atoms with Gasteiger partial charge >= 0.3 is 6.18 Å². The van der Waals surface area contributed by atoms with E-state index in [1.54, 1.807) is 0 Å². The molecule has 0 bridgehead atoms. The molecule has 0 unspecified atom stereocenters. The van der Waals surface area contributed by atoms with E-state index < -0.39 is 23.0 Å². The van der Waals surface area contributed by atoms with Crippen LogP contribution in [0.15, 0.2) is 6.07 Å². The number of aliphatic hydroxyl groups excluding tert-OH is 1. The molecule has 0 aromatic carbocycles. The largest absolute Gasteiger partial charge is 0.418 e. The molecule has 2 nitrogen and oxygen atoms in total. The predicted octanol–water partition coefficient (Wildman–Crippen LogP) is 3.29. The molecule has 0 fully saturated rings. The van der Waals surface area contributed by atoms with Gasteiger partial charge < -0.3 is 5.11 Å². The molecular weight excluding hydrogens is 254 g/mol. The third-order valence-corrected chi connectivity index (χ3v) is 2.25. The Hall–Kier alpha value is -0.520. The molecule has 0 amide bonds. The van der Waals surface area contributed by atoms with Crippen molar-refractivity contribution in [3.63, 3.8) is 0 Å². The van der Waals surface area contributed by atoms with Crippen molar-refractivity contribution >= 4 is 23.2 Å². The van der Waals surface area contributed by atoms with Gasteiger partial charge in [-0.05, 0) is 18.6 Å². The minimum absolute atomic E-state index is 0.0179. The zero-order valence-corrected chi connectivity index (χ0v) is 8.95. The highest BCUT2D eigenvalue weighted by atomic mass is 35.5. The van der Waals surface area contributed by atoms with E-state index in [1.165, 1.54) is 13.0 Å². The van der Waals surface area contributed by atoms with Gasteiger partial charge in [0.05, 0.1) is 0 Å². The molecule has 0 aliphatic carbocycles. The number of hydrogen-bond donors (Lipinski definition) is 1. The van der Waals surface area contributed by atoms with Crippen molar-refractivity contribution < 1.29 is 18.3 Å². The number of aromatic nitrogens is 1. The molecule has 0 aliphatic heterocycles. The van der Waals surface area contributed by atoms with Crippen molar-refractivity contribution in [2.24, 2.45) is 0 Å². The lowest BCUT2D eigenvalue weighted by Crippen LogP contribution is -2.21. The van der Waals surface area contributed by atoms with Crippen molar-refractivity contribution in [3.05, 3.63) is 27.5 Å². The van der Waals surface area contributed by atoms with Crippen LogP contribution >= 0.6 is 23.2 Å². The summed E-state index contributed by atoms with van der Waals surface area (Å²) in [6.07, 6.45) is -7.42. The molecule has 1 heterocycles. The Balaban J connectivity index is 3.26. The third-order valence-electron chi connectivity index (χ3n) is 1.77. The van der Waals surface area contributed by atoms with Crippen LogP contribution in [0.1, 0.15) is 17.2 Å². The molecule has 1 aromatic rings. The van der Waals surface area contributed by atoms with Gasteiger partial charge in [-0.2, -0.15) is 13.2 Å². The van der Waals surface area contributed by atoms with Gasteiger partial charge in [-0.15, -0.1) is 0 Å². The standard InChI is InChI=1S/C8H6Cl2F3NO/c1-3-2-4(9)14-7(10)5(3)6(15)8(11,12)13/h2,6,15H,1H3/t6-/m1/s1. The lowest BCUT2D eigenvalue weighted by molar-refractivity contribution is -0.207. The summed E-state index contributed by atoms with van der Waals surface area (Å²) in [6.45, 7) is 1.36. The Morgan fingerprint density at radius 1 is 1.40 bits per heavy atom. The SMILES string of the molecule is Cc1cc(Cl)nc(Cl)c1[C@@H](O)C(F)(F)F. The molecule has 1 rings (SSSR count). The van der Waals surface area contributed by atoms with Crippen molar-refractivity contribution in [2.75, 3.05) is 0 Å². The van der Waals surface area contributed by atoms with E-state index in [0.29, 0.717) is 0 Å². The Labute approximate surface area is 93.6 Å². The summed E-state index contributed by atoms with van der Waals surface area (Å²) >= 11 is 11.0. The third kappa shape index (κ3) is 2.74. The first-order chi connectivity index (χ1) is 6.73. The molecule has 15 heavy (non-hydrogen) atoms. The van der Waals surface area contributed by atoms with Gasteiger partial charge in [0.25, 0.3) is 0 Å². The number of nitrogens with zero attached hydrogens (tertiary/aromatic N) is 1. The second-order valence-corrected chi connectivity index (χ2v) is 3.66. The Morgan fingerprint density at radius 3 is 2.33 bits per heavy atom. The first-order valence-corrected chi connectivity index (χ1v) is 4.56. The monoisotopic (exact) mass is 259 g/mol. The minimum Gasteiger partial charge on any atom is -0.379 e. The number of aliphatic hydroxyl groups is 1. The second-order valence-electron chi connectivity index (χ2n) is 2.91. The molecule has 84 valence electrons. The molecule has 0 saturated heterocycles.